The van der Waals surface area contributed by atoms with Crippen LogP contribution in [0.15, 0.2) is 11.4 Å². The molecule has 2 N–H and O–H groups in total. The highest BCUT2D eigenvalue weighted by molar-refractivity contribution is 7.98. The Morgan fingerprint density at radius 3 is 2.95 bits per heavy atom. The molecule has 19 heavy (non-hydrogen) atoms. The molecule has 0 aromatic carbocycles. The summed E-state index contributed by atoms with van der Waals surface area (Å²) in [5.74, 6) is 0.0484. The maximum atomic E-state index is 11.8. The molecule has 104 valence electrons. The van der Waals surface area contributed by atoms with Gasteiger partial charge in [0.2, 0.25) is 0 Å². The summed E-state index contributed by atoms with van der Waals surface area (Å²) in [6, 6.07) is 0.146. The van der Waals surface area contributed by atoms with E-state index in [2.05, 4.69) is 15.3 Å². The molecule has 0 amide bonds. The fourth-order valence-electron chi connectivity index (χ4n) is 1.83. The van der Waals surface area contributed by atoms with Crippen molar-refractivity contribution in [1.29, 1.82) is 0 Å². The molecule has 0 radical (unpaired) electrons. The molecule has 1 aliphatic rings. The second-order valence-corrected chi connectivity index (χ2v) is 5.08. The molecule has 0 saturated heterocycles. The van der Waals surface area contributed by atoms with E-state index in [4.69, 9.17) is 4.74 Å². The van der Waals surface area contributed by atoms with Gasteiger partial charge in [-0.2, -0.15) is 0 Å². The van der Waals surface area contributed by atoms with Gasteiger partial charge in [-0.05, 0) is 26.0 Å². The van der Waals surface area contributed by atoms with Crippen molar-refractivity contribution in [2.75, 3.05) is 18.2 Å². The molecule has 6 nitrogen and oxygen atoms in total. The average molecular weight is 283 g/mol. The number of aromatic nitrogens is 2. The van der Waals surface area contributed by atoms with Crippen LogP contribution in [-0.2, 0) is 4.74 Å². The number of hydrogen-bond donors (Lipinski definition) is 2. The van der Waals surface area contributed by atoms with E-state index in [-0.39, 0.29) is 12.1 Å². The Balaban J connectivity index is 2.18. The van der Waals surface area contributed by atoms with Crippen LogP contribution >= 0.6 is 11.8 Å². The van der Waals surface area contributed by atoms with Crippen molar-refractivity contribution in [3.63, 3.8) is 0 Å². The van der Waals surface area contributed by atoms with Crippen LogP contribution in [0.1, 0.15) is 30.1 Å². The summed E-state index contributed by atoms with van der Waals surface area (Å²) in [5, 5.41) is 13.1. The van der Waals surface area contributed by atoms with Gasteiger partial charge in [-0.3, -0.25) is 0 Å². The molecule has 0 bridgehead atoms. The minimum absolute atomic E-state index is 0.146. The monoisotopic (exact) mass is 283 g/mol. The van der Waals surface area contributed by atoms with Gasteiger partial charge in [-0.1, -0.05) is 11.8 Å². The number of anilines is 1. The highest BCUT2D eigenvalue weighted by atomic mass is 32.2. The van der Waals surface area contributed by atoms with E-state index in [0.717, 1.165) is 0 Å². The lowest BCUT2D eigenvalue weighted by Crippen LogP contribution is -2.39. The molecule has 1 aromatic heterocycles. The summed E-state index contributed by atoms with van der Waals surface area (Å²) in [4.78, 5) is 20.2. The molecule has 0 spiro atoms. The van der Waals surface area contributed by atoms with E-state index in [1.165, 1.54) is 18.0 Å². The molecule has 1 heterocycles. The second kappa shape index (κ2) is 6.21. The lowest BCUT2D eigenvalue weighted by Gasteiger charge is -2.32. The predicted octanol–water partition coefficient (Wildman–Crippen LogP) is 1.31. The zero-order valence-corrected chi connectivity index (χ0v) is 11.7. The van der Waals surface area contributed by atoms with E-state index in [0.29, 0.717) is 36.0 Å². The Morgan fingerprint density at radius 1 is 1.63 bits per heavy atom. The summed E-state index contributed by atoms with van der Waals surface area (Å²) >= 11 is 1.41. The number of thioether (sulfide) groups is 1. The van der Waals surface area contributed by atoms with Crippen molar-refractivity contribution >= 4 is 23.5 Å². The number of aliphatic hydroxyl groups excluding tert-OH is 1. The number of carbonyl (C=O) groups excluding carboxylic acids is 1. The van der Waals surface area contributed by atoms with Crippen molar-refractivity contribution in [2.24, 2.45) is 0 Å². The van der Waals surface area contributed by atoms with E-state index in [1.807, 2.05) is 6.26 Å². The minimum Gasteiger partial charge on any atom is -0.462 e. The van der Waals surface area contributed by atoms with Gasteiger partial charge in [-0.25, -0.2) is 14.8 Å². The minimum atomic E-state index is -0.433. The lowest BCUT2D eigenvalue weighted by molar-refractivity contribution is 0.0526. The summed E-state index contributed by atoms with van der Waals surface area (Å²) < 4.78 is 4.98. The largest absolute Gasteiger partial charge is 0.462 e. The van der Waals surface area contributed by atoms with Gasteiger partial charge in [0, 0.05) is 12.2 Å². The molecule has 0 atom stereocenters. The maximum absolute atomic E-state index is 11.8. The van der Waals surface area contributed by atoms with Gasteiger partial charge in [0.25, 0.3) is 0 Å². The standard InChI is InChI=1S/C12H17N3O3S/c1-3-18-11(17)9-6-13-12(19-2)15-10(9)14-7-4-8(16)5-7/h6-8,16H,3-5H2,1-2H3,(H,13,14,15)/t7-,8-. The van der Waals surface area contributed by atoms with Gasteiger partial charge < -0.3 is 15.2 Å². The van der Waals surface area contributed by atoms with Gasteiger partial charge in [0.15, 0.2) is 5.16 Å². The third-order valence-corrected chi connectivity index (χ3v) is 3.46. The third-order valence-electron chi connectivity index (χ3n) is 2.90. The molecule has 1 aromatic rings. The Bertz CT molecular complexity index is 464. The molecular weight excluding hydrogens is 266 g/mol. The quantitative estimate of drug-likeness (QED) is 0.479. The van der Waals surface area contributed by atoms with Crippen LogP contribution in [0.3, 0.4) is 0 Å². The Morgan fingerprint density at radius 2 is 2.37 bits per heavy atom. The average Bonchev–Trinajstić information content (AvgIpc) is 2.37. The number of aliphatic hydroxyl groups is 1. The predicted molar refractivity (Wildman–Crippen MR) is 72.4 cm³/mol. The number of hydrogen-bond acceptors (Lipinski definition) is 7. The highest BCUT2D eigenvalue weighted by Crippen LogP contribution is 2.26. The number of ether oxygens (including phenoxy) is 1. The molecular formula is C12H17N3O3S. The van der Waals surface area contributed by atoms with Crippen molar-refractivity contribution < 1.29 is 14.6 Å². The number of esters is 1. The van der Waals surface area contributed by atoms with Gasteiger partial charge in [-0.15, -0.1) is 0 Å². The molecule has 1 saturated carbocycles. The van der Waals surface area contributed by atoms with Crippen molar-refractivity contribution in [3.05, 3.63) is 11.8 Å². The first-order valence-electron chi connectivity index (χ1n) is 6.16. The SMILES string of the molecule is CCOC(=O)c1cnc(SC)nc1N[C@H]1C[C@H](O)C1. The number of nitrogens with one attached hydrogen (secondary N) is 1. The summed E-state index contributed by atoms with van der Waals surface area (Å²) in [6.07, 6.45) is 4.43. The normalized spacial score (nSPS) is 21.6. The number of nitrogens with zero attached hydrogens (tertiary/aromatic N) is 2. The number of carbonyl (C=O) groups is 1. The first-order valence-corrected chi connectivity index (χ1v) is 7.39. The van der Waals surface area contributed by atoms with Crippen LogP contribution in [0.4, 0.5) is 5.82 Å². The number of rotatable bonds is 5. The van der Waals surface area contributed by atoms with Crippen LogP contribution in [0, 0.1) is 0 Å². The Labute approximate surface area is 116 Å². The molecule has 0 aliphatic heterocycles. The summed E-state index contributed by atoms with van der Waals surface area (Å²) in [5.41, 5.74) is 0.334. The smallest absolute Gasteiger partial charge is 0.343 e. The molecule has 1 aliphatic carbocycles. The topological polar surface area (TPSA) is 84.3 Å². The van der Waals surface area contributed by atoms with Gasteiger partial charge in [0.05, 0.1) is 12.7 Å². The van der Waals surface area contributed by atoms with Crippen molar-refractivity contribution in [2.45, 2.75) is 37.1 Å². The van der Waals surface area contributed by atoms with Crippen LogP contribution in [-0.4, -0.2) is 46.1 Å². The highest BCUT2D eigenvalue weighted by Gasteiger charge is 2.29. The van der Waals surface area contributed by atoms with Crippen molar-refractivity contribution in [1.82, 2.24) is 9.97 Å². The third kappa shape index (κ3) is 3.36. The van der Waals surface area contributed by atoms with Crippen LogP contribution in [0.25, 0.3) is 0 Å². The summed E-state index contributed by atoms with van der Waals surface area (Å²) in [7, 11) is 0. The fraction of sp³-hybridized carbons (Fsp3) is 0.583. The van der Waals surface area contributed by atoms with Crippen LogP contribution < -0.4 is 5.32 Å². The van der Waals surface area contributed by atoms with E-state index < -0.39 is 5.97 Å². The molecule has 1 fully saturated rings. The zero-order chi connectivity index (χ0) is 13.8. The van der Waals surface area contributed by atoms with E-state index in [1.54, 1.807) is 6.92 Å². The van der Waals surface area contributed by atoms with Crippen LogP contribution in [0.2, 0.25) is 0 Å². The summed E-state index contributed by atoms with van der Waals surface area (Å²) in [6.45, 7) is 2.06. The molecule has 2 rings (SSSR count). The van der Waals surface area contributed by atoms with Gasteiger partial charge in [0.1, 0.15) is 11.4 Å². The van der Waals surface area contributed by atoms with Crippen molar-refractivity contribution in [3.8, 4) is 0 Å². The van der Waals surface area contributed by atoms with Crippen LogP contribution in [0.5, 0.6) is 0 Å². The van der Waals surface area contributed by atoms with Gasteiger partial charge >= 0.3 is 5.97 Å². The fourth-order valence-corrected chi connectivity index (χ4v) is 2.17. The lowest BCUT2D eigenvalue weighted by atomic mass is 9.89. The van der Waals surface area contributed by atoms with E-state index >= 15 is 0 Å². The Kier molecular flexibility index (Phi) is 4.60. The zero-order valence-electron chi connectivity index (χ0n) is 10.9. The first kappa shape index (κ1) is 14.1. The molecule has 0 unspecified atom stereocenters. The molecule has 7 heteroatoms. The maximum Gasteiger partial charge on any atom is 0.343 e. The second-order valence-electron chi connectivity index (χ2n) is 4.31. The van der Waals surface area contributed by atoms with E-state index in [9.17, 15) is 9.90 Å². The first-order chi connectivity index (χ1) is 9.13. The Hall–Kier alpha value is -1.34.